The summed E-state index contributed by atoms with van der Waals surface area (Å²) in [6.07, 6.45) is 10.7. The minimum Gasteiger partial charge on any atom is -0.269 e. The van der Waals surface area contributed by atoms with Crippen LogP contribution in [0, 0.1) is 11.3 Å². The van der Waals surface area contributed by atoms with Crippen LogP contribution >= 0.6 is 0 Å². The van der Waals surface area contributed by atoms with Crippen molar-refractivity contribution in [1.82, 2.24) is 0 Å². The minimum atomic E-state index is -0.483. The third kappa shape index (κ3) is 9.32. The highest BCUT2D eigenvalue weighted by Gasteiger charge is 2.32. The lowest BCUT2D eigenvalue weighted by atomic mass is 9.78. The van der Waals surface area contributed by atoms with Gasteiger partial charge in [0.25, 0.3) is 0 Å². The fraction of sp³-hybridized carbons (Fsp3) is 0.938. The maximum atomic E-state index is 11.7. The van der Waals surface area contributed by atoms with Crippen LogP contribution in [0.1, 0.15) is 85.5 Å². The summed E-state index contributed by atoms with van der Waals surface area (Å²) in [6, 6.07) is 0. The summed E-state index contributed by atoms with van der Waals surface area (Å²) < 4.78 is 0. The monoisotopic (exact) mass is 288 g/mol. The van der Waals surface area contributed by atoms with E-state index in [1.54, 1.807) is 0 Å². The lowest BCUT2D eigenvalue weighted by Crippen LogP contribution is -2.30. The molecule has 1 unspecified atom stereocenters. The molecule has 1 atom stereocenters. The molecule has 0 saturated heterocycles. The smallest absolute Gasteiger partial charge is 0.269 e. The molecule has 0 aliphatic carbocycles. The molecular weight excluding hydrogens is 256 g/mol. The number of rotatable bonds is 11. The third-order valence-corrected chi connectivity index (χ3v) is 3.80. The van der Waals surface area contributed by atoms with Gasteiger partial charge >= 0.3 is 5.97 Å². The lowest BCUT2D eigenvalue weighted by molar-refractivity contribution is -0.464. The van der Waals surface area contributed by atoms with E-state index < -0.39 is 5.97 Å². The van der Waals surface area contributed by atoms with Gasteiger partial charge in [0.15, 0.2) is 0 Å². The average Bonchev–Trinajstić information content (AvgIpc) is 2.35. The molecule has 0 saturated carbocycles. The molecule has 0 aliphatic rings. The predicted molar refractivity (Wildman–Crippen MR) is 80.0 cm³/mol. The van der Waals surface area contributed by atoms with Gasteiger partial charge in [-0.05, 0) is 16.9 Å². The molecule has 0 heterocycles. The van der Waals surface area contributed by atoms with Gasteiger partial charge in [-0.1, -0.05) is 79.1 Å². The van der Waals surface area contributed by atoms with Crippen molar-refractivity contribution in [3.05, 3.63) is 0 Å². The van der Waals surface area contributed by atoms with Crippen molar-refractivity contribution in [2.75, 3.05) is 0 Å². The van der Waals surface area contributed by atoms with Crippen LogP contribution < -0.4 is 0 Å². The van der Waals surface area contributed by atoms with Crippen molar-refractivity contribution in [3.8, 4) is 0 Å². The fourth-order valence-corrected chi connectivity index (χ4v) is 2.48. The second-order valence-corrected chi connectivity index (χ2v) is 6.66. The van der Waals surface area contributed by atoms with Gasteiger partial charge in [0, 0.05) is 0 Å². The second kappa shape index (κ2) is 11.1. The summed E-state index contributed by atoms with van der Waals surface area (Å²) in [4.78, 5) is 16.0. The van der Waals surface area contributed by atoms with E-state index >= 15 is 0 Å². The molecular formula is C16H32O4. The van der Waals surface area contributed by atoms with Gasteiger partial charge < -0.3 is 0 Å². The van der Waals surface area contributed by atoms with Crippen LogP contribution in [0.4, 0.5) is 0 Å². The fourth-order valence-electron chi connectivity index (χ4n) is 2.48. The van der Waals surface area contributed by atoms with E-state index in [0.29, 0.717) is 0 Å². The molecule has 20 heavy (non-hydrogen) atoms. The van der Waals surface area contributed by atoms with Crippen LogP contribution in [0.25, 0.3) is 0 Å². The van der Waals surface area contributed by atoms with E-state index in [0.717, 1.165) is 19.3 Å². The van der Waals surface area contributed by atoms with Gasteiger partial charge in [-0.3, -0.25) is 4.89 Å². The van der Waals surface area contributed by atoms with Gasteiger partial charge in [0.2, 0.25) is 0 Å². The number of carbonyl (C=O) groups excluding carboxylic acids is 1. The van der Waals surface area contributed by atoms with Crippen molar-refractivity contribution in [3.63, 3.8) is 0 Å². The summed E-state index contributed by atoms with van der Waals surface area (Å²) in [5, 5.41) is 11.7. The van der Waals surface area contributed by atoms with Crippen LogP contribution in [-0.4, -0.2) is 11.2 Å². The number of unbranched alkanes of at least 4 members (excludes halogenated alkanes) is 7. The summed E-state index contributed by atoms with van der Waals surface area (Å²) >= 11 is 0. The molecule has 4 heteroatoms. The van der Waals surface area contributed by atoms with Crippen molar-refractivity contribution < 1.29 is 20.0 Å². The Morgan fingerprint density at radius 2 is 1.50 bits per heavy atom. The summed E-state index contributed by atoms with van der Waals surface area (Å²) in [7, 11) is 0. The van der Waals surface area contributed by atoms with E-state index in [2.05, 4.69) is 16.8 Å². The van der Waals surface area contributed by atoms with E-state index in [9.17, 15) is 4.79 Å². The zero-order valence-electron chi connectivity index (χ0n) is 13.6. The zero-order chi connectivity index (χ0) is 15.4. The first kappa shape index (κ1) is 19.4. The maximum Gasteiger partial charge on any atom is 0.349 e. The zero-order valence-corrected chi connectivity index (χ0v) is 13.6. The predicted octanol–water partition coefficient (Wildman–Crippen LogP) is 5.13. The first-order valence-electron chi connectivity index (χ1n) is 7.95. The van der Waals surface area contributed by atoms with E-state index in [1.807, 2.05) is 20.8 Å². The molecule has 0 aliphatic heterocycles. The Morgan fingerprint density at radius 3 is 1.95 bits per heavy atom. The highest BCUT2D eigenvalue weighted by atomic mass is 17.5. The van der Waals surface area contributed by atoms with E-state index in [4.69, 9.17) is 5.26 Å². The largest absolute Gasteiger partial charge is 0.349 e. The maximum absolute atomic E-state index is 11.7. The summed E-state index contributed by atoms with van der Waals surface area (Å²) in [5.41, 5.74) is -0.184. The normalized spacial score (nSPS) is 13.2. The van der Waals surface area contributed by atoms with Crippen LogP contribution in [0.3, 0.4) is 0 Å². The Labute approximate surface area is 123 Å². The van der Waals surface area contributed by atoms with Crippen LogP contribution in [0.15, 0.2) is 0 Å². The Balaban J connectivity index is 3.84. The quantitative estimate of drug-likeness (QED) is 0.325. The molecule has 0 rings (SSSR count). The Hall–Kier alpha value is -0.610. The Bertz CT molecular complexity index is 245. The van der Waals surface area contributed by atoms with Crippen LogP contribution in [-0.2, 0) is 14.7 Å². The van der Waals surface area contributed by atoms with Gasteiger partial charge in [0.05, 0.1) is 5.92 Å². The average molecular weight is 288 g/mol. The van der Waals surface area contributed by atoms with Crippen molar-refractivity contribution in [2.24, 2.45) is 11.3 Å². The standard InChI is InChI=1S/C16H32O4/c1-5-6-7-8-9-10-11-12-13-14(16(2,3)4)15(17)19-20-18/h14,18H,5-13H2,1-4H3. The molecule has 0 aromatic heterocycles. The SMILES string of the molecule is CCCCCCCCCCC(C(=O)OOO)C(C)(C)C. The van der Waals surface area contributed by atoms with Crippen molar-refractivity contribution >= 4 is 5.97 Å². The molecule has 4 nitrogen and oxygen atoms in total. The number of carbonyl (C=O) groups is 1. The molecule has 0 aromatic carbocycles. The third-order valence-electron chi connectivity index (χ3n) is 3.80. The van der Waals surface area contributed by atoms with E-state index in [1.165, 1.54) is 38.5 Å². The summed E-state index contributed by atoms with van der Waals surface area (Å²) in [6.45, 7) is 8.23. The van der Waals surface area contributed by atoms with E-state index in [-0.39, 0.29) is 11.3 Å². The molecule has 0 aromatic rings. The molecule has 0 amide bonds. The first-order chi connectivity index (χ1) is 9.43. The minimum absolute atomic E-state index is 0.184. The van der Waals surface area contributed by atoms with Gasteiger partial charge in [-0.2, -0.15) is 0 Å². The van der Waals surface area contributed by atoms with Crippen molar-refractivity contribution in [2.45, 2.75) is 85.5 Å². The van der Waals surface area contributed by atoms with Gasteiger partial charge in [-0.25, -0.2) is 10.1 Å². The molecule has 0 bridgehead atoms. The lowest BCUT2D eigenvalue weighted by Gasteiger charge is -2.27. The molecule has 1 N–H and O–H groups in total. The highest BCUT2D eigenvalue weighted by Crippen LogP contribution is 2.31. The molecule has 0 fully saturated rings. The molecule has 0 spiro atoms. The van der Waals surface area contributed by atoms with Crippen LogP contribution in [0.5, 0.6) is 0 Å². The Kier molecular flexibility index (Phi) is 10.8. The second-order valence-electron chi connectivity index (χ2n) is 6.66. The molecule has 120 valence electrons. The van der Waals surface area contributed by atoms with Crippen molar-refractivity contribution in [1.29, 1.82) is 0 Å². The molecule has 0 radical (unpaired) electrons. The summed E-state index contributed by atoms with van der Waals surface area (Å²) in [5.74, 6) is -0.724. The first-order valence-corrected chi connectivity index (χ1v) is 7.95. The van der Waals surface area contributed by atoms with Gasteiger partial charge in [0.1, 0.15) is 0 Å². The van der Waals surface area contributed by atoms with Crippen LogP contribution in [0.2, 0.25) is 0 Å². The number of hydrogen-bond acceptors (Lipinski definition) is 4. The topological polar surface area (TPSA) is 55.8 Å². The number of hydrogen-bond donors (Lipinski definition) is 1. The highest BCUT2D eigenvalue weighted by molar-refractivity contribution is 5.72. The van der Waals surface area contributed by atoms with Gasteiger partial charge in [-0.15, -0.1) is 0 Å². The Morgan fingerprint density at radius 1 is 1.00 bits per heavy atom.